The molecule has 0 bridgehead atoms. The number of carbonyl (C=O) groups excluding carboxylic acids is 2. The van der Waals surface area contributed by atoms with Gasteiger partial charge in [0.1, 0.15) is 24.4 Å². The number of amides is 2. The molecule has 2 saturated heterocycles. The zero-order valence-corrected chi connectivity index (χ0v) is 45.5. The number of terminal acetylenes is 1. The molecule has 2 aliphatic heterocycles. The van der Waals surface area contributed by atoms with Crippen molar-refractivity contribution in [2.45, 2.75) is 70.1 Å². The van der Waals surface area contributed by atoms with Crippen LogP contribution < -0.4 is 26.6 Å². The number of carbonyl (C=O) groups is 3. The Morgan fingerprint density at radius 2 is 1.35 bits per heavy atom. The predicted octanol–water partition coefficient (Wildman–Crippen LogP) is 2.93. The second-order valence-electron chi connectivity index (χ2n) is 19.5. The number of hydrogen-bond acceptors (Lipinski definition) is 19. The molecule has 0 spiro atoms. The number of fused-ring (bicyclic) bond motifs is 1. The topological polar surface area (TPSA) is 312 Å². The molecule has 79 heavy (non-hydrogen) atoms. The highest BCUT2D eigenvalue weighted by atomic mass is 35.5. The molecule has 0 saturated carbocycles. The van der Waals surface area contributed by atoms with E-state index in [-0.39, 0.29) is 61.4 Å². The van der Waals surface area contributed by atoms with Gasteiger partial charge in [0.15, 0.2) is 0 Å². The number of nitrogens with two attached hydrogens (primary N) is 2. The number of piperazine rings is 2. The number of hydrogen-bond donors (Lipinski definition) is 6. The van der Waals surface area contributed by atoms with Crippen LogP contribution in [0.3, 0.4) is 0 Å². The third kappa shape index (κ3) is 16.1. The molecule has 5 atom stereocenters. The average Bonchev–Trinajstić information content (AvgIpc) is 4.30. The van der Waals surface area contributed by atoms with E-state index in [0.29, 0.717) is 134 Å². The average molecular weight is 1110 g/mol. The summed E-state index contributed by atoms with van der Waals surface area (Å²) in [6.45, 7) is 9.49. The Morgan fingerprint density at radius 1 is 0.772 bits per heavy atom. The Morgan fingerprint density at radius 3 is 1.97 bits per heavy atom. The fraction of sp³-hybridized carbons (Fsp3) is 0.509. The molecular weight excluding hydrogens is 1040 g/mol. The summed E-state index contributed by atoms with van der Waals surface area (Å²) in [5, 5.41) is 41.1. The number of nitrogens with one attached hydrogen (secondary N) is 2. The van der Waals surface area contributed by atoms with Crippen LogP contribution in [0.2, 0.25) is 0 Å². The van der Waals surface area contributed by atoms with Crippen molar-refractivity contribution in [1.82, 2.24) is 59.7 Å². The first-order valence-electron chi connectivity index (χ1n) is 26.5. The number of para-hydroxylation sites is 1. The van der Waals surface area contributed by atoms with Crippen molar-refractivity contribution >= 4 is 58.9 Å². The highest BCUT2D eigenvalue weighted by molar-refractivity contribution is 5.85. The standard InChI is InChI=1S/C53H71N17O8.ClH/c1-4-25-76-27-29-78-30-28-77-26-16-56-51-58-52(67-21-17-65(18-22-67)49(74)45(14-15-47(72)73)69-35-44(62-64-69)48(55)36(3)5-2)60-53(59-51)68-23-19-66(20-24-68)50(75)46(33-39-32-38-8-6-7-9-42(38)57-39)70-34-43(61-63-70)41(54)31-37-10-12-40(71)13-11-37;/h1,6-13,32,34-36,41,45-46,48,57,71H,5,14-31,33,54-55H2,2-3H3,(H,72,73)(H,56,58,59,60);1H. The molecule has 0 aliphatic carbocycles. The second kappa shape index (κ2) is 28.9. The molecule has 8 N–H and O–H groups in total. The van der Waals surface area contributed by atoms with Gasteiger partial charge in [-0.3, -0.25) is 14.4 Å². The molecule has 0 radical (unpaired) electrons. The number of ether oxygens (including phenoxy) is 3. The Balaban J connectivity index is 0.00000903. The maximum absolute atomic E-state index is 14.8. The van der Waals surface area contributed by atoms with E-state index in [2.05, 4.69) is 36.8 Å². The van der Waals surface area contributed by atoms with Crippen LogP contribution in [0.5, 0.6) is 5.75 Å². The highest BCUT2D eigenvalue weighted by Crippen LogP contribution is 2.27. The Hall–Kier alpha value is -7.47. The van der Waals surface area contributed by atoms with Gasteiger partial charge in [-0.25, -0.2) is 9.36 Å². The third-order valence-corrected chi connectivity index (χ3v) is 14.1. The molecule has 6 heterocycles. The van der Waals surface area contributed by atoms with E-state index in [1.54, 1.807) is 34.1 Å². The zero-order valence-electron chi connectivity index (χ0n) is 44.7. The fourth-order valence-corrected chi connectivity index (χ4v) is 9.32. The maximum Gasteiger partial charge on any atom is 0.303 e. The van der Waals surface area contributed by atoms with Gasteiger partial charge in [-0.1, -0.05) is 66.9 Å². The van der Waals surface area contributed by atoms with E-state index in [1.165, 1.54) is 4.68 Å². The van der Waals surface area contributed by atoms with Crippen LogP contribution in [0.25, 0.3) is 10.9 Å². The Bertz CT molecular complexity index is 2900. The van der Waals surface area contributed by atoms with Crippen molar-refractivity contribution in [2.24, 2.45) is 17.4 Å². The summed E-state index contributed by atoms with van der Waals surface area (Å²) in [5.74, 6) is 2.45. The summed E-state index contributed by atoms with van der Waals surface area (Å²) in [6, 6.07) is 14.3. The third-order valence-electron chi connectivity index (χ3n) is 14.1. The number of carboxylic acid groups (broad SMARTS) is 1. The van der Waals surface area contributed by atoms with Crippen LogP contribution in [0.1, 0.15) is 79.9 Å². The Kier molecular flexibility index (Phi) is 21.7. The van der Waals surface area contributed by atoms with E-state index in [9.17, 15) is 24.6 Å². The number of carboxylic acids is 1. The maximum atomic E-state index is 14.8. The molecular formula is C53H72ClN17O8. The van der Waals surface area contributed by atoms with Crippen molar-refractivity contribution in [3.8, 4) is 18.1 Å². The van der Waals surface area contributed by atoms with Gasteiger partial charge in [-0.2, -0.15) is 15.0 Å². The summed E-state index contributed by atoms with van der Waals surface area (Å²) in [7, 11) is 0. The molecule has 2 fully saturated rings. The van der Waals surface area contributed by atoms with E-state index in [1.807, 2.05) is 71.0 Å². The van der Waals surface area contributed by atoms with E-state index in [4.69, 9.17) is 47.1 Å². The number of aromatic nitrogens is 10. The van der Waals surface area contributed by atoms with Crippen molar-refractivity contribution in [1.29, 1.82) is 0 Å². The molecule has 4 aromatic heterocycles. The molecule has 424 valence electrons. The summed E-state index contributed by atoms with van der Waals surface area (Å²) in [6.07, 6.45) is 10.0. The number of aliphatic carboxylic acids is 1. The molecule has 26 heteroatoms. The van der Waals surface area contributed by atoms with E-state index < -0.39 is 24.1 Å². The van der Waals surface area contributed by atoms with Crippen LogP contribution in [-0.4, -0.2) is 186 Å². The SMILES string of the molecule is C#CCOCCOCCOCCNc1nc(N2CCN(C(=O)C(Cc3cc4ccccc4[nH]3)n3cc(C(N)Cc4ccc(O)cc4)nn3)CC2)nc(N2CCN(C(=O)C(CCC(=O)O)n3cc(C(N)C(C)CC)nn3)CC2)n1.Cl. The van der Waals surface area contributed by atoms with Gasteiger partial charge >= 0.3 is 5.97 Å². The summed E-state index contributed by atoms with van der Waals surface area (Å²) in [5.41, 5.74) is 16.9. The van der Waals surface area contributed by atoms with Crippen molar-refractivity contribution < 1.29 is 38.8 Å². The lowest BCUT2D eigenvalue weighted by Crippen LogP contribution is -2.52. The number of phenols is 1. The zero-order chi connectivity index (χ0) is 55.0. The monoisotopic (exact) mass is 1110 g/mol. The minimum Gasteiger partial charge on any atom is -0.508 e. The van der Waals surface area contributed by atoms with Gasteiger partial charge in [0, 0.05) is 83.0 Å². The van der Waals surface area contributed by atoms with Crippen LogP contribution in [0, 0.1) is 18.3 Å². The number of nitrogens with zero attached hydrogens (tertiary/aromatic N) is 13. The molecule has 2 aromatic carbocycles. The minimum absolute atomic E-state index is 0. The van der Waals surface area contributed by atoms with Gasteiger partial charge < -0.3 is 65.8 Å². The van der Waals surface area contributed by atoms with Gasteiger partial charge in [0.05, 0.1) is 68.9 Å². The van der Waals surface area contributed by atoms with Gasteiger partial charge in [-0.15, -0.1) is 29.0 Å². The molecule has 2 amide bonds. The molecule has 25 nitrogen and oxygen atoms in total. The molecule has 5 unspecified atom stereocenters. The first kappa shape index (κ1) is 59.2. The van der Waals surface area contributed by atoms with Crippen LogP contribution in [0.15, 0.2) is 67.0 Å². The number of phenolic OH excluding ortho intramolecular Hbond substituents is 1. The lowest BCUT2D eigenvalue weighted by Gasteiger charge is -2.38. The normalized spacial score (nSPS) is 15.7. The largest absolute Gasteiger partial charge is 0.508 e. The molecule has 2 aliphatic rings. The summed E-state index contributed by atoms with van der Waals surface area (Å²) >= 11 is 0. The van der Waals surface area contributed by atoms with Gasteiger partial charge in [0.2, 0.25) is 29.7 Å². The lowest BCUT2D eigenvalue weighted by atomic mass is 9.98. The predicted molar refractivity (Wildman–Crippen MR) is 297 cm³/mol. The van der Waals surface area contributed by atoms with Crippen molar-refractivity contribution in [3.05, 3.63) is 89.6 Å². The van der Waals surface area contributed by atoms with Gasteiger partial charge in [0.25, 0.3) is 0 Å². The van der Waals surface area contributed by atoms with E-state index in [0.717, 1.165) is 28.6 Å². The van der Waals surface area contributed by atoms with Crippen LogP contribution in [-0.2, 0) is 41.4 Å². The summed E-state index contributed by atoms with van der Waals surface area (Å²) < 4.78 is 19.6. The number of anilines is 3. The first-order chi connectivity index (χ1) is 37.9. The van der Waals surface area contributed by atoms with E-state index >= 15 is 0 Å². The number of H-pyrrole nitrogens is 1. The highest BCUT2D eigenvalue weighted by Gasteiger charge is 2.34. The number of halogens is 1. The second-order valence-corrected chi connectivity index (χ2v) is 19.5. The van der Waals surface area contributed by atoms with Crippen LogP contribution >= 0.6 is 12.4 Å². The number of rotatable bonds is 28. The Labute approximate surface area is 464 Å². The van der Waals surface area contributed by atoms with Crippen LogP contribution in [0.4, 0.5) is 17.8 Å². The number of aromatic amines is 1. The quantitative estimate of drug-likeness (QED) is 0.0304. The first-order valence-corrected chi connectivity index (χ1v) is 26.5. The number of aromatic hydroxyl groups is 1. The molecule has 8 rings (SSSR count). The van der Waals surface area contributed by atoms with Gasteiger partial charge in [-0.05, 0) is 54.0 Å². The number of benzene rings is 2. The smallest absolute Gasteiger partial charge is 0.303 e. The summed E-state index contributed by atoms with van der Waals surface area (Å²) in [4.78, 5) is 66.4. The lowest BCUT2D eigenvalue weighted by molar-refractivity contribution is -0.139. The van der Waals surface area contributed by atoms with Crippen molar-refractivity contribution in [2.75, 3.05) is 114 Å². The fourth-order valence-electron chi connectivity index (χ4n) is 9.32. The minimum atomic E-state index is -1.02. The van der Waals surface area contributed by atoms with Crippen molar-refractivity contribution in [3.63, 3.8) is 0 Å². The molecule has 6 aromatic rings.